The molecule has 0 radical (unpaired) electrons. The number of carbonyl (C=O) groups is 1. The first-order valence-corrected chi connectivity index (χ1v) is 8.98. The molecule has 0 N–H and O–H groups in total. The predicted molar refractivity (Wildman–Crippen MR) is 96.0 cm³/mol. The highest BCUT2D eigenvalue weighted by Crippen LogP contribution is 2.35. The summed E-state index contributed by atoms with van der Waals surface area (Å²) in [6, 6.07) is 13.3. The van der Waals surface area contributed by atoms with Gasteiger partial charge in [-0.3, -0.25) is 4.79 Å². The van der Waals surface area contributed by atoms with Gasteiger partial charge in [0.2, 0.25) is 0 Å². The van der Waals surface area contributed by atoms with Crippen molar-refractivity contribution in [2.75, 3.05) is 6.61 Å². The highest BCUT2D eigenvalue weighted by atomic mass is 127. The molecule has 1 fully saturated rings. The molecule has 1 aliphatic rings. The van der Waals surface area contributed by atoms with Crippen molar-refractivity contribution in [2.45, 2.75) is 19.0 Å². The van der Waals surface area contributed by atoms with Crippen molar-refractivity contribution in [3.8, 4) is 0 Å². The monoisotopic (exact) mass is 460 g/mol. The largest absolute Gasteiger partial charge is 0.465 e. The van der Waals surface area contributed by atoms with Crippen molar-refractivity contribution in [3.63, 3.8) is 0 Å². The number of hydrogen-bond donors (Lipinski definition) is 0. The fourth-order valence-corrected chi connectivity index (χ4v) is 3.55. The summed E-state index contributed by atoms with van der Waals surface area (Å²) in [5.41, 5.74) is 0.562. The van der Waals surface area contributed by atoms with Gasteiger partial charge in [-0.1, -0.05) is 30.3 Å². The van der Waals surface area contributed by atoms with Crippen molar-refractivity contribution in [1.29, 1.82) is 0 Å². The Balaban J connectivity index is 1.80. The van der Waals surface area contributed by atoms with E-state index >= 15 is 0 Å². The Morgan fingerprint density at radius 2 is 1.72 bits per heavy atom. The molecule has 132 valence electrons. The van der Waals surface area contributed by atoms with Crippen molar-refractivity contribution in [1.82, 2.24) is 0 Å². The van der Waals surface area contributed by atoms with E-state index in [1.807, 2.05) is 24.3 Å². The van der Waals surface area contributed by atoms with Gasteiger partial charge >= 0.3 is 12.1 Å². The fraction of sp³-hybridized carbons (Fsp3) is 0.316. The molecule has 1 heterocycles. The van der Waals surface area contributed by atoms with E-state index in [2.05, 4.69) is 22.6 Å². The maximum absolute atomic E-state index is 13.2. The summed E-state index contributed by atoms with van der Waals surface area (Å²) in [4.78, 5) is 12.1. The Labute approximate surface area is 157 Å². The molecule has 1 saturated heterocycles. The van der Waals surface area contributed by atoms with Crippen LogP contribution in [0.2, 0.25) is 0 Å². The Bertz CT molecular complexity index is 756. The van der Waals surface area contributed by atoms with Crippen molar-refractivity contribution < 1.29 is 22.7 Å². The zero-order valence-corrected chi connectivity index (χ0v) is 15.4. The Hall–Kier alpha value is -1.57. The standard InChI is InChI=1S/C19H16F3IO2/c20-19(21,22)17-4-2-1-3-13(17)10-14-11-25-18(24)16(14)9-12-5-7-15(23)8-6-12/h1-8,14,16H,9-11H2/t14-,16+/m0/s1. The first kappa shape index (κ1) is 18.2. The van der Waals surface area contributed by atoms with Gasteiger partial charge in [0.15, 0.2) is 0 Å². The molecular weight excluding hydrogens is 444 g/mol. The van der Waals surface area contributed by atoms with Crippen LogP contribution in [0.4, 0.5) is 13.2 Å². The third kappa shape index (κ3) is 4.34. The Morgan fingerprint density at radius 3 is 2.40 bits per heavy atom. The van der Waals surface area contributed by atoms with E-state index in [9.17, 15) is 18.0 Å². The topological polar surface area (TPSA) is 26.3 Å². The van der Waals surface area contributed by atoms with Crippen LogP contribution >= 0.6 is 22.6 Å². The number of halogens is 4. The molecule has 0 aliphatic carbocycles. The molecule has 0 spiro atoms. The molecule has 2 aromatic rings. The number of cyclic esters (lactones) is 1. The summed E-state index contributed by atoms with van der Waals surface area (Å²) in [5, 5.41) is 0. The van der Waals surface area contributed by atoms with Crippen LogP contribution in [0.5, 0.6) is 0 Å². The second-order valence-electron chi connectivity index (χ2n) is 6.19. The minimum absolute atomic E-state index is 0.167. The molecule has 1 aliphatic heterocycles. The van der Waals surface area contributed by atoms with Crippen molar-refractivity contribution >= 4 is 28.6 Å². The second-order valence-corrected chi connectivity index (χ2v) is 7.43. The van der Waals surface area contributed by atoms with Crippen molar-refractivity contribution in [3.05, 3.63) is 68.8 Å². The van der Waals surface area contributed by atoms with E-state index in [1.54, 1.807) is 6.07 Å². The first-order chi connectivity index (χ1) is 11.8. The number of esters is 1. The van der Waals surface area contributed by atoms with Gasteiger partial charge in [-0.15, -0.1) is 0 Å². The van der Waals surface area contributed by atoms with Gasteiger partial charge in [-0.2, -0.15) is 13.2 Å². The fourth-order valence-electron chi connectivity index (χ4n) is 3.19. The molecule has 0 saturated carbocycles. The average molecular weight is 460 g/mol. The number of carbonyl (C=O) groups excluding carboxylic acids is 1. The Morgan fingerprint density at radius 1 is 1.04 bits per heavy atom. The number of ether oxygens (including phenoxy) is 1. The summed E-state index contributed by atoms with van der Waals surface area (Å²) in [6.07, 6.45) is -3.74. The number of hydrogen-bond acceptors (Lipinski definition) is 2. The Kier molecular flexibility index (Phi) is 5.36. The van der Waals surface area contributed by atoms with Crippen LogP contribution in [-0.4, -0.2) is 12.6 Å². The van der Waals surface area contributed by atoms with Crippen LogP contribution in [0.25, 0.3) is 0 Å². The summed E-state index contributed by atoms with van der Waals surface area (Å²) >= 11 is 2.20. The predicted octanol–water partition coefficient (Wildman–Crippen LogP) is 4.88. The van der Waals surface area contributed by atoms with E-state index in [-0.39, 0.29) is 30.5 Å². The van der Waals surface area contributed by atoms with Gasteiger partial charge in [0.1, 0.15) is 0 Å². The molecular formula is C19H16F3IO2. The van der Waals surface area contributed by atoms with Gasteiger partial charge in [-0.05, 0) is 64.8 Å². The summed E-state index contributed by atoms with van der Waals surface area (Å²) in [7, 11) is 0. The molecule has 6 heteroatoms. The molecule has 0 aromatic heterocycles. The van der Waals surface area contributed by atoms with Gasteiger partial charge in [-0.25, -0.2) is 0 Å². The number of benzene rings is 2. The van der Waals surface area contributed by atoms with Crippen molar-refractivity contribution in [2.24, 2.45) is 11.8 Å². The maximum Gasteiger partial charge on any atom is 0.416 e. The molecule has 0 amide bonds. The minimum atomic E-state index is -4.40. The number of rotatable bonds is 4. The van der Waals surface area contributed by atoms with Crippen LogP contribution in [0.1, 0.15) is 16.7 Å². The molecule has 3 rings (SSSR count). The van der Waals surface area contributed by atoms with E-state index < -0.39 is 17.7 Å². The van der Waals surface area contributed by atoms with E-state index in [0.717, 1.165) is 15.2 Å². The number of alkyl halides is 3. The van der Waals surface area contributed by atoms with E-state index in [4.69, 9.17) is 4.74 Å². The second kappa shape index (κ2) is 7.35. The SMILES string of the molecule is O=C1OC[C@H](Cc2ccccc2C(F)(F)F)[C@H]1Cc1ccc(I)cc1. The molecule has 2 aromatic carbocycles. The third-order valence-corrected chi connectivity index (χ3v) is 5.20. The quantitative estimate of drug-likeness (QED) is 0.480. The highest BCUT2D eigenvalue weighted by Gasteiger charge is 2.39. The van der Waals surface area contributed by atoms with Crippen LogP contribution in [0.3, 0.4) is 0 Å². The van der Waals surface area contributed by atoms with Crippen LogP contribution in [0.15, 0.2) is 48.5 Å². The maximum atomic E-state index is 13.2. The summed E-state index contributed by atoms with van der Waals surface area (Å²) in [6.45, 7) is 0.167. The first-order valence-electron chi connectivity index (χ1n) is 7.91. The van der Waals surface area contributed by atoms with Crippen LogP contribution in [-0.2, 0) is 28.5 Å². The lowest BCUT2D eigenvalue weighted by atomic mass is 9.84. The average Bonchev–Trinajstić information content (AvgIpc) is 2.90. The summed E-state index contributed by atoms with van der Waals surface area (Å²) < 4.78 is 45.8. The molecule has 0 bridgehead atoms. The zero-order valence-electron chi connectivity index (χ0n) is 13.2. The minimum Gasteiger partial charge on any atom is -0.465 e. The van der Waals surface area contributed by atoms with Gasteiger partial charge in [0, 0.05) is 9.49 Å². The summed E-state index contributed by atoms with van der Waals surface area (Å²) in [5.74, 6) is -0.996. The van der Waals surface area contributed by atoms with Gasteiger partial charge < -0.3 is 4.74 Å². The zero-order chi connectivity index (χ0) is 18.0. The molecule has 0 unspecified atom stereocenters. The third-order valence-electron chi connectivity index (χ3n) is 4.49. The van der Waals surface area contributed by atoms with E-state index in [1.165, 1.54) is 12.1 Å². The molecule has 2 atom stereocenters. The normalized spacial score (nSPS) is 20.6. The lowest BCUT2D eigenvalue weighted by Gasteiger charge is -2.18. The lowest BCUT2D eigenvalue weighted by molar-refractivity contribution is -0.141. The van der Waals surface area contributed by atoms with Crippen LogP contribution < -0.4 is 0 Å². The van der Waals surface area contributed by atoms with Gasteiger partial charge in [0.05, 0.1) is 18.1 Å². The molecule has 2 nitrogen and oxygen atoms in total. The lowest BCUT2D eigenvalue weighted by Crippen LogP contribution is -2.22. The van der Waals surface area contributed by atoms with E-state index in [0.29, 0.717) is 6.42 Å². The van der Waals surface area contributed by atoms with Crippen LogP contribution in [0, 0.1) is 15.4 Å². The van der Waals surface area contributed by atoms with Gasteiger partial charge in [0.25, 0.3) is 0 Å². The smallest absolute Gasteiger partial charge is 0.416 e. The highest BCUT2D eigenvalue weighted by molar-refractivity contribution is 14.1. The molecule has 25 heavy (non-hydrogen) atoms.